The van der Waals surface area contributed by atoms with Crippen molar-refractivity contribution in [3.8, 4) is 34.8 Å². The number of piperazine rings is 1. The Kier molecular flexibility index (Phi) is 8.49. The lowest BCUT2D eigenvalue weighted by atomic mass is 9.71. The van der Waals surface area contributed by atoms with Gasteiger partial charge in [0.1, 0.15) is 11.8 Å². The van der Waals surface area contributed by atoms with Crippen LogP contribution in [0.15, 0.2) is 6.07 Å². The third kappa shape index (κ3) is 4.91. The molecule has 0 aliphatic carbocycles. The molecule has 0 spiro atoms. The number of rotatable bonds is 8. The molecule has 246 valence electrons. The second-order valence-corrected chi connectivity index (χ2v) is 12.4. The van der Waals surface area contributed by atoms with Crippen LogP contribution in [0.1, 0.15) is 59.3 Å². The molecule has 4 aliphatic heterocycles. The Bertz CT molecular complexity index is 1620. The van der Waals surface area contributed by atoms with Gasteiger partial charge in [-0.3, -0.25) is 19.4 Å². The third-order valence-corrected chi connectivity index (χ3v) is 9.70. The molecule has 2 aromatic rings. The molecule has 46 heavy (non-hydrogen) atoms. The van der Waals surface area contributed by atoms with Gasteiger partial charge in [-0.25, -0.2) is 0 Å². The van der Waals surface area contributed by atoms with Gasteiger partial charge in [0.15, 0.2) is 29.8 Å². The quantitative estimate of drug-likeness (QED) is 0.248. The number of carbonyl (C=O) groups excluding carboxylic acids is 2. The Morgan fingerprint density at radius 3 is 2.52 bits per heavy atom. The van der Waals surface area contributed by atoms with Crippen LogP contribution in [0, 0.1) is 25.2 Å². The van der Waals surface area contributed by atoms with Crippen molar-refractivity contribution in [1.82, 2.24) is 15.1 Å². The van der Waals surface area contributed by atoms with E-state index in [0.717, 1.165) is 27.8 Å². The lowest BCUT2D eigenvalue weighted by Gasteiger charge is -2.60. The van der Waals surface area contributed by atoms with Crippen molar-refractivity contribution in [2.45, 2.75) is 76.8 Å². The first-order valence-corrected chi connectivity index (χ1v) is 15.4. The number of carbonyl (C=O) groups is 2. The summed E-state index contributed by atoms with van der Waals surface area (Å²) in [7, 11) is 5.22. The molecule has 1 amide bonds. The number of ether oxygens (including phenoxy) is 6. The van der Waals surface area contributed by atoms with Gasteiger partial charge >= 0.3 is 5.97 Å². The van der Waals surface area contributed by atoms with Gasteiger partial charge < -0.3 is 39.5 Å². The van der Waals surface area contributed by atoms with E-state index < -0.39 is 24.1 Å². The van der Waals surface area contributed by atoms with Gasteiger partial charge in [-0.1, -0.05) is 6.07 Å². The van der Waals surface area contributed by atoms with Gasteiger partial charge in [0.05, 0.1) is 31.3 Å². The fraction of sp³-hybridized carbons (Fsp3) is 0.545. The van der Waals surface area contributed by atoms with Crippen molar-refractivity contribution in [2.75, 3.05) is 41.4 Å². The number of fused-ring (bicyclic) bond motifs is 9. The molecule has 13 nitrogen and oxygen atoms in total. The number of likely N-dealkylation sites (N-methyl/N-ethyl adjacent to an activating group) is 1. The Labute approximate surface area is 268 Å². The molecule has 0 aromatic heterocycles. The van der Waals surface area contributed by atoms with Crippen LogP contribution in [0.25, 0.3) is 0 Å². The van der Waals surface area contributed by atoms with Crippen LogP contribution >= 0.6 is 0 Å². The fourth-order valence-electron chi connectivity index (χ4n) is 7.91. The summed E-state index contributed by atoms with van der Waals surface area (Å²) in [5.41, 5.74) is 11.0. The van der Waals surface area contributed by atoms with Crippen molar-refractivity contribution < 1.29 is 38.0 Å². The zero-order chi connectivity index (χ0) is 33.0. The summed E-state index contributed by atoms with van der Waals surface area (Å²) in [6, 6.07) is 2.13. The van der Waals surface area contributed by atoms with Gasteiger partial charge in [-0.15, -0.1) is 0 Å². The summed E-state index contributed by atoms with van der Waals surface area (Å²) >= 11 is 0. The molecule has 6 atom stereocenters. The van der Waals surface area contributed by atoms with Crippen LogP contribution in [0.3, 0.4) is 0 Å². The average Bonchev–Trinajstić information content (AvgIpc) is 3.51. The van der Waals surface area contributed by atoms with Crippen molar-refractivity contribution in [2.24, 2.45) is 5.73 Å². The molecule has 2 aromatic carbocycles. The van der Waals surface area contributed by atoms with E-state index in [0.29, 0.717) is 47.2 Å². The molecule has 4 aliphatic rings. The summed E-state index contributed by atoms with van der Waals surface area (Å²) in [5.74, 6) is 1.84. The first-order valence-electron chi connectivity index (χ1n) is 15.4. The Morgan fingerprint density at radius 1 is 1.13 bits per heavy atom. The molecule has 3 N–H and O–H groups in total. The van der Waals surface area contributed by atoms with Crippen molar-refractivity contribution in [3.63, 3.8) is 0 Å². The molecule has 4 heterocycles. The van der Waals surface area contributed by atoms with Crippen molar-refractivity contribution in [1.29, 1.82) is 5.26 Å². The van der Waals surface area contributed by atoms with Crippen LogP contribution in [0.2, 0.25) is 0 Å². The number of benzene rings is 2. The maximum absolute atomic E-state index is 12.9. The number of aryl methyl sites for hydroxylation is 1. The number of hydrogen-bond acceptors (Lipinski definition) is 12. The molecular formula is C33H41N5O8. The number of esters is 1. The first kappa shape index (κ1) is 31.9. The molecule has 1 saturated heterocycles. The highest BCUT2D eigenvalue weighted by atomic mass is 16.7. The Balaban J connectivity index is 1.61. The maximum atomic E-state index is 12.9. The molecule has 0 radical (unpaired) electrons. The van der Waals surface area contributed by atoms with Crippen molar-refractivity contribution >= 4 is 11.9 Å². The summed E-state index contributed by atoms with van der Waals surface area (Å²) in [4.78, 5) is 29.8. The molecule has 2 bridgehead atoms. The Hall–Kier alpha value is -4.09. The van der Waals surface area contributed by atoms with E-state index in [1.54, 1.807) is 21.1 Å². The van der Waals surface area contributed by atoms with E-state index in [9.17, 15) is 14.9 Å². The van der Waals surface area contributed by atoms with E-state index in [1.165, 1.54) is 6.92 Å². The summed E-state index contributed by atoms with van der Waals surface area (Å²) in [6.45, 7) is 6.96. The average molecular weight is 636 g/mol. The first-order chi connectivity index (χ1) is 22.0. The van der Waals surface area contributed by atoms with Crippen LogP contribution in [0.5, 0.6) is 28.7 Å². The molecule has 0 saturated carbocycles. The predicted octanol–water partition coefficient (Wildman–Crippen LogP) is 2.18. The number of amides is 1. The van der Waals surface area contributed by atoms with Crippen LogP contribution < -0.4 is 34.7 Å². The minimum Gasteiger partial charge on any atom is -0.493 e. The Morgan fingerprint density at radius 2 is 1.87 bits per heavy atom. The van der Waals surface area contributed by atoms with E-state index in [-0.39, 0.29) is 44.2 Å². The van der Waals surface area contributed by atoms with E-state index >= 15 is 0 Å². The largest absolute Gasteiger partial charge is 0.493 e. The van der Waals surface area contributed by atoms with E-state index in [2.05, 4.69) is 27.3 Å². The highest BCUT2D eigenvalue weighted by Gasteiger charge is 2.57. The number of nitriles is 1. The van der Waals surface area contributed by atoms with E-state index in [1.807, 2.05) is 20.9 Å². The lowest BCUT2D eigenvalue weighted by molar-refractivity contribution is -0.132. The minimum atomic E-state index is -0.736. The van der Waals surface area contributed by atoms with Crippen LogP contribution in [0.4, 0.5) is 0 Å². The standard InChI is InChI=1S/C33H41N5O8/c1-15-8-19-9-21-23(11-34)38-22(27(37(21)5)25(19)31(28(15)42-7)43-13-41-6)10-20-26(24(38)12-36-33(40)17(3)35)32-30(44-14-45-32)16(2)29(20)46-18(4)39/h8,17,21-24,27H,9-10,12-14,35H2,1-7H3,(H,36,40)/t17-,21+,22?,23-,24-,27+/m0/s1. The predicted molar refractivity (Wildman–Crippen MR) is 165 cm³/mol. The summed E-state index contributed by atoms with van der Waals surface area (Å²) in [5, 5.41) is 13.8. The minimum absolute atomic E-state index is 0.00311. The van der Waals surface area contributed by atoms with Gasteiger partial charge in [-0.2, -0.15) is 5.26 Å². The van der Waals surface area contributed by atoms with Crippen LogP contribution in [-0.4, -0.2) is 87.2 Å². The van der Waals surface area contributed by atoms with Gasteiger partial charge in [0.25, 0.3) is 0 Å². The van der Waals surface area contributed by atoms with Gasteiger partial charge in [0.2, 0.25) is 12.7 Å². The topological polar surface area (TPSA) is 158 Å². The maximum Gasteiger partial charge on any atom is 0.308 e. The highest BCUT2D eigenvalue weighted by molar-refractivity contribution is 5.81. The van der Waals surface area contributed by atoms with Gasteiger partial charge in [-0.05, 0) is 51.8 Å². The number of methoxy groups -OCH3 is 2. The number of nitrogens with two attached hydrogens (primary N) is 1. The normalized spacial score (nSPS) is 25.0. The number of hydrogen-bond donors (Lipinski definition) is 2. The lowest BCUT2D eigenvalue weighted by Crippen LogP contribution is -2.69. The number of nitrogens with one attached hydrogen (secondary N) is 1. The van der Waals surface area contributed by atoms with Crippen LogP contribution in [-0.2, 0) is 27.2 Å². The molecular weight excluding hydrogens is 594 g/mol. The summed E-state index contributed by atoms with van der Waals surface area (Å²) in [6.07, 6.45) is 1.00. The second kappa shape index (κ2) is 12.3. The third-order valence-electron chi connectivity index (χ3n) is 9.70. The molecule has 1 unspecified atom stereocenters. The highest BCUT2D eigenvalue weighted by Crippen LogP contribution is 2.58. The van der Waals surface area contributed by atoms with Crippen molar-refractivity contribution in [3.05, 3.63) is 39.4 Å². The SMILES string of the molecule is COCOc1c(OC)c(C)cc2c1[C@H]1C3Cc4c(OC(C)=O)c(C)c5c(c4[C@H](CNC(=O)[C@H](C)N)N3[C@@H](C#N)[C@@H](C2)N1C)OCO5. The zero-order valence-electron chi connectivity index (χ0n) is 27.3. The van der Waals surface area contributed by atoms with Gasteiger partial charge in [0, 0.05) is 54.9 Å². The molecule has 13 heteroatoms. The smallest absolute Gasteiger partial charge is 0.308 e. The second-order valence-electron chi connectivity index (χ2n) is 12.4. The fourth-order valence-corrected chi connectivity index (χ4v) is 7.91. The summed E-state index contributed by atoms with van der Waals surface area (Å²) < 4.78 is 35.3. The molecule has 6 rings (SSSR count). The monoisotopic (exact) mass is 635 g/mol. The van der Waals surface area contributed by atoms with E-state index in [4.69, 9.17) is 34.2 Å². The number of nitrogens with zero attached hydrogens (tertiary/aromatic N) is 3. The zero-order valence-corrected chi connectivity index (χ0v) is 27.3. The molecule has 1 fully saturated rings.